The zero-order chi connectivity index (χ0) is 36.2. The van der Waals surface area contributed by atoms with Gasteiger partial charge in [0.1, 0.15) is 23.0 Å². The lowest BCUT2D eigenvalue weighted by Crippen LogP contribution is -2.57. The number of amides is 2. The smallest absolute Gasteiger partial charge is 0.303 e. The van der Waals surface area contributed by atoms with E-state index in [9.17, 15) is 19.5 Å². The molecular formula is C40H42N2O9. The second-order valence-electron chi connectivity index (χ2n) is 12.6. The first kappa shape index (κ1) is 35.3. The molecule has 51 heavy (non-hydrogen) atoms. The fourth-order valence-corrected chi connectivity index (χ4v) is 7.56. The van der Waals surface area contributed by atoms with Gasteiger partial charge in [0.25, 0.3) is 5.91 Å². The standard InChI is InChI=1S/C40H42N2O9/c1-25(43)50-38-39(46)34-31(49-4)23-30(48-3)24-32(34)51-40(38,28-17-19-29(47-2)20-18-28)33(26-13-7-5-8-14-26)35(39)37(45)42-22-12-11-21-41-36(44)27-15-9-6-10-16-27/h5-10,13-20,23-24,33,35,38,46H,11-12,21-22H2,1-4H3,(H,41,44)(H,42,45)/t33-,35-,38?,39-,40-/m1/s1. The number of unbranched alkanes of at least 4 members (excludes halogenated alkanes) is 1. The third kappa shape index (κ3) is 6.33. The molecule has 1 aliphatic heterocycles. The average Bonchev–Trinajstić information content (AvgIpc) is 3.30. The first-order valence-electron chi connectivity index (χ1n) is 16.8. The van der Waals surface area contributed by atoms with Crippen molar-refractivity contribution < 1.29 is 43.2 Å². The van der Waals surface area contributed by atoms with Crippen LogP contribution in [0.2, 0.25) is 0 Å². The minimum Gasteiger partial charge on any atom is -0.497 e. The Morgan fingerprint density at radius 3 is 2.02 bits per heavy atom. The minimum atomic E-state index is -2.15. The summed E-state index contributed by atoms with van der Waals surface area (Å²) >= 11 is 0. The van der Waals surface area contributed by atoms with E-state index in [2.05, 4.69) is 10.6 Å². The van der Waals surface area contributed by atoms with Gasteiger partial charge in [-0.3, -0.25) is 14.4 Å². The van der Waals surface area contributed by atoms with Crippen LogP contribution in [0.3, 0.4) is 0 Å². The molecule has 1 aliphatic carbocycles. The number of hydrogen-bond acceptors (Lipinski definition) is 9. The first-order chi connectivity index (χ1) is 24.7. The minimum absolute atomic E-state index is 0.170. The largest absolute Gasteiger partial charge is 0.497 e. The third-order valence-corrected chi connectivity index (χ3v) is 9.72. The Labute approximate surface area is 296 Å². The van der Waals surface area contributed by atoms with Gasteiger partial charge in [0.05, 0.1) is 32.8 Å². The van der Waals surface area contributed by atoms with Crippen LogP contribution in [0.15, 0.2) is 97.1 Å². The monoisotopic (exact) mass is 694 g/mol. The van der Waals surface area contributed by atoms with Gasteiger partial charge >= 0.3 is 5.97 Å². The van der Waals surface area contributed by atoms with Crippen LogP contribution >= 0.6 is 0 Å². The van der Waals surface area contributed by atoms with Gasteiger partial charge in [0, 0.05) is 49.2 Å². The third-order valence-electron chi connectivity index (χ3n) is 9.72. The molecular weight excluding hydrogens is 652 g/mol. The van der Waals surface area contributed by atoms with E-state index in [4.69, 9.17) is 23.7 Å². The summed E-state index contributed by atoms with van der Waals surface area (Å²) in [5, 5.41) is 19.3. The summed E-state index contributed by atoms with van der Waals surface area (Å²) in [6.07, 6.45) is -0.256. The van der Waals surface area contributed by atoms with Crippen molar-refractivity contribution in [2.24, 2.45) is 5.92 Å². The van der Waals surface area contributed by atoms with Crippen LogP contribution in [0, 0.1) is 5.92 Å². The van der Waals surface area contributed by atoms with Crippen LogP contribution in [0.5, 0.6) is 23.0 Å². The number of fused-ring (bicyclic) bond motifs is 4. The normalized spacial score (nSPS) is 22.9. The van der Waals surface area contributed by atoms with E-state index in [1.54, 1.807) is 67.8 Å². The van der Waals surface area contributed by atoms with Crippen LogP contribution in [0.4, 0.5) is 0 Å². The summed E-state index contributed by atoms with van der Waals surface area (Å²) in [4.78, 5) is 40.1. The van der Waals surface area contributed by atoms with Crippen LogP contribution in [-0.4, -0.2) is 63.4 Å². The molecule has 2 amide bonds. The molecule has 0 saturated heterocycles. The van der Waals surface area contributed by atoms with Crippen LogP contribution in [0.25, 0.3) is 0 Å². The van der Waals surface area contributed by atoms with E-state index in [0.717, 1.165) is 0 Å². The molecule has 266 valence electrons. The highest BCUT2D eigenvalue weighted by Gasteiger charge is 2.78. The van der Waals surface area contributed by atoms with E-state index < -0.39 is 41.0 Å². The molecule has 2 aliphatic rings. The lowest BCUT2D eigenvalue weighted by Gasteiger charge is -2.46. The van der Waals surface area contributed by atoms with Crippen LogP contribution in [0.1, 0.15) is 52.7 Å². The number of aliphatic hydroxyl groups is 1. The van der Waals surface area contributed by atoms with E-state index in [0.29, 0.717) is 47.6 Å². The van der Waals surface area contributed by atoms with E-state index in [-0.39, 0.29) is 29.5 Å². The Kier molecular flexibility index (Phi) is 10.2. The molecule has 1 unspecified atom stereocenters. The lowest BCUT2D eigenvalue weighted by atomic mass is 9.75. The van der Waals surface area contributed by atoms with Gasteiger partial charge in [0.15, 0.2) is 17.3 Å². The van der Waals surface area contributed by atoms with Crippen LogP contribution < -0.4 is 29.6 Å². The molecule has 2 bridgehead atoms. The number of ether oxygens (including phenoxy) is 5. The molecule has 0 aromatic heterocycles. The van der Waals surface area contributed by atoms with Crippen molar-refractivity contribution in [2.45, 2.75) is 43.0 Å². The predicted octanol–water partition coefficient (Wildman–Crippen LogP) is 4.86. The zero-order valence-electron chi connectivity index (χ0n) is 29.0. The topological polar surface area (TPSA) is 142 Å². The molecule has 3 N–H and O–H groups in total. The van der Waals surface area contributed by atoms with Crippen molar-refractivity contribution in [3.05, 3.63) is 119 Å². The Balaban J connectivity index is 1.43. The van der Waals surface area contributed by atoms with Gasteiger partial charge in [-0.25, -0.2) is 0 Å². The number of esters is 1. The molecule has 4 aromatic carbocycles. The maximum absolute atomic E-state index is 14.7. The van der Waals surface area contributed by atoms with Crippen molar-refractivity contribution in [3.8, 4) is 23.0 Å². The van der Waals surface area contributed by atoms with Gasteiger partial charge in [0.2, 0.25) is 5.91 Å². The second kappa shape index (κ2) is 14.7. The summed E-state index contributed by atoms with van der Waals surface area (Å²) in [5.41, 5.74) is -1.78. The fourth-order valence-electron chi connectivity index (χ4n) is 7.56. The second-order valence-corrected chi connectivity index (χ2v) is 12.6. The quantitative estimate of drug-likeness (QED) is 0.132. The number of methoxy groups -OCH3 is 3. The van der Waals surface area contributed by atoms with Crippen molar-refractivity contribution in [1.82, 2.24) is 10.6 Å². The lowest BCUT2D eigenvalue weighted by molar-refractivity contribution is -0.195. The van der Waals surface area contributed by atoms with E-state index in [1.165, 1.54) is 21.1 Å². The summed E-state index contributed by atoms with van der Waals surface area (Å²) in [6, 6.07) is 28.6. The molecule has 4 aromatic rings. The van der Waals surface area contributed by atoms with E-state index in [1.807, 2.05) is 36.4 Å². The number of benzene rings is 4. The maximum Gasteiger partial charge on any atom is 0.303 e. The van der Waals surface area contributed by atoms with Gasteiger partial charge in [-0.05, 0) is 42.7 Å². The Morgan fingerprint density at radius 2 is 1.41 bits per heavy atom. The summed E-state index contributed by atoms with van der Waals surface area (Å²) in [7, 11) is 4.50. The average molecular weight is 695 g/mol. The number of carbonyl (C=O) groups excluding carboxylic acids is 3. The summed E-state index contributed by atoms with van der Waals surface area (Å²) in [6.45, 7) is 1.93. The van der Waals surface area contributed by atoms with Crippen molar-refractivity contribution >= 4 is 17.8 Å². The maximum atomic E-state index is 14.7. The van der Waals surface area contributed by atoms with Crippen molar-refractivity contribution in [3.63, 3.8) is 0 Å². The number of rotatable bonds is 13. The molecule has 11 heteroatoms. The Hall–Kier alpha value is -5.55. The van der Waals surface area contributed by atoms with Gasteiger partial charge < -0.3 is 39.4 Å². The SMILES string of the molecule is COc1ccc([C@]23Oc4cc(OC)cc(OC)c4[C@](O)(C2OC(C)=O)[C@@H](C(=O)NCCCCNC(=O)c2ccccc2)[C@H]3c2ccccc2)cc1. The molecule has 6 rings (SSSR count). The highest BCUT2D eigenvalue weighted by atomic mass is 16.6. The molecule has 1 heterocycles. The first-order valence-corrected chi connectivity index (χ1v) is 16.8. The molecule has 11 nitrogen and oxygen atoms in total. The van der Waals surface area contributed by atoms with E-state index >= 15 is 0 Å². The fraction of sp³-hybridized carbons (Fsp3) is 0.325. The van der Waals surface area contributed by atoms with Crippen LogP contribution in [-0.2, 0) is 25.5 Å². The summed E-state index contributed by atoms with van der Waals surface area (Å²) < 4.78 is 30.0. The molecule has 1 fully saturated rings. The molecule has 0 spiro atoms. The zero-order valence-corrected chi connectivity index (χ0v) is 29.0. The highest BCUT2D eigenvalue weighted by molar-refractivity contribution is 5.94. The van der Waals surface area contributed by atoms with Crippen molar-refractivity contribution in [2.75, 3.05) is 34.4 Å². The Bertz CT molecular complexity index is 1870. The van der Waals surface area contributed by atoms with Crippen molar-refractivity contribution in [1.29, 1.82) is 0 Å². The predicted molar refractivity (Wildman–Crippen MR) is 188 cm³/mol. The van der Waals surface area contributed by atoms with Gasteiger partial charge in [-0.15, -0.1) is 0 Å². The van der Waals surface area contributed by atoms with Gasteiger partial charge in [-0.1, -0.05) is 60.7 Å². The van der Waals surface area contributed by atoms with Gasteiger partial charge in [-0.2, -0.15) is 0 Å². The number of hydrogen-bond donors (Lipinski definition) is 3. The number of nitrogens with one attached hydrogen (secondary N) is 2. The Morgan fingerprint density at radius 1 is 0.784 bits per heavy atom. The molecule has 5 atom stereocenters. The molecule has 1 saturated carbocycles. The summed E-state index contributed by atoms with van der Waals surface area (Å²) in [5.74, 6) is -2.02. The highest BCUT2D eigenvalue weighted by Crippen LogP contribution is 2.69. The molecule has 0 radical (unpaired) electrons. The number of carbonyl (C=O) groups is 3.